The minimum Gasteiger partial charge on any atom is -0.507 e. The molecular weight excluding hydrogens is 600 g/mol. The van der Waals surface area contributed by atoms with Crippen molar-refractivity contribution in [3.63, 3.8) is 0 Å². The van der Waals surface area contributed by atoms with E-state index in [-0.39, 0.29) is 47.1 Å². The molecule has 4 atom stereocenters. The van der Waals surface area contributed by atoms with Crippen molar-refractivity contribution in [2.45, 2.75) is 79.8 Å². The van der Waals surface area contributed by atoms with Gasteiger partial charge in [-0.25, -0.2) is 4.79 Å². The molecule has 0 radical (unpaired) electrons. The van der Waals surface area contributed by atoms with Gasteiger partial charge in [-0.3, -0.25) is 14.4 Å². The lowest BCUT2D eigenvalue weighted by Crippen LogP contribution is -2.70. The summed E-state index contributed by atoms with van der Waals surface area (Å²) >= 11 is 0. The van der Waals surface area contributed by atoms with Crippen LogP contribution < -0.4 is 15.4 Å². The quantitative estimate of drug-likeness (QED) is 0.136. The molecule has 0 saturated heterocycles. The van der Waals surface area contributed by atoms with E-state index in [0.717, 1.165) is 5.56 Å². The van der Waals surface area contributed by atoms with E-state index in [2.05, 4.69) is 10.6 Å². The van der Waals surface area contributed by atoms with Crippen LogP contribution in [0.15, 0.2) is 47.1 Å². The largest absolute Gasteiger partial charge is 0.507 e. The SMILES string of the molecule is COc1ccc(NC(=O)Nc2cc(C(C)C)c3c(c2O)C(O)=C2C(=O)[C@]4(O)C(=O)C(C(C)=O)=C(C)[C@@H](C(C)C)[C@]4(C)C[C@]2(C)C3)cc1. The van der Waals surface area contributed by atoms with Gasteiger partial charge in [-0.2, -0.15) is 0 Å². The molecule has 2 amide bonds. The highest BCUT2D eigenvalue weighted by Crippen LogP contribution is 2.65. The van der Waals surface area contributed by atoms with Crippen molar-refractivity contribution in [1.82, 2.24) is 0 Å². The third-order valence-corrected chi connectivity index (χ3v) is 10.6. The summed E-state index contributed by atoms with van der Waals surface area (Å²) in [6, 6.07) is 7.68. The van der Waals surface area contributed by atoms with E-state index in [0.29, 0.717) is 22.6 Å². The summed E-state index contributed by atoms with van der Waals surface area (Å²) in [5.74, 6) is -3.59. The number of amides is 2. The first kappa shape index (κ1) is 33.9. The lowest BCUT2D eigenvalue weighted by Gasteiger charge is -2.60. The number of anilines is 2. The number of phenols is 1. The van der Waals surface area contributed by atoms with Crippen molar-refractivity contribution in [2.75, 3.05) is 17.7 Å². The highest BCUT2D eigenvalue weighted by molar-refractivity contribution is 6.33. The van der Waals surface area contributed by atoms with Gasteiger partial charge < -0.3 is 30.7 Å². The van der Waals surface area contributed by atoms with E-state index in [1.165, 1.54) is 14.0 Å². The van der Waals surface area contributed by atoms with E-state index in [4.69, 9.17) is 4.74 Å². The molecule has 0 heterocycles. The zero-order valence-corrected chi connectivity index (χ0v) is 28.4. The Morgan fingerprint density at radius 2 is 1.62 bits per heavy atom. The van der Waals surface area contributed by atoms with E-state index in [1.807, 2.05) is 34.6 Å². The van der Waals surface area contributed by atoms with Gasteiger partial charge in [0.15, 0.2) is 11.4 Å². The molecule has 0 aliphatic heterocycles. The number of aromatic hydroxyl groups is 1. The number of hydrogen-bond donors (Lipinski definition) is 5. The van der Waals surface area contributed by atoms with E-state index in [1.54, 1.807) is 44.2 Å². The molecule has 47 heavy (non-hydrogen) atoms. The number of carbonyl (C=O) groups is 4. The lowest BCUT2D eigenvalue weighted by molar-refractivity contribution is -0.180. The molecule has 3 aliphatic carbocycles. The first-order chi connectivity index (χ1) is 21.8. The van der Waals surface area contributed by atoms with Crippen LogP contribution in [-0.2, 0) is 20.8 Å². The molecule has 0 unspecified atom stereocenters. The maximum Gasteiger partial charge on any atom is 0.323 e. The monoisotopic (exact) mass is 644 g/mol. The number of rotatable bonds is 6. The van der Waals surface area contributed by atoms with Gasteiger partial charge in [0, 0.05) is 22.1 Å². The summed E-state index contributed by atoms with van der Waals surface area (Å²) in [6.45, 7) is 14.3. The summed E-state index contributed by atoms with van der Waals surface area (Å²) in [5, 5.41) is 41.2. The smallest absolute Gasteiger partial charge is 0.323 e. The van der Waals surface area contributed by atoms with Crippen LogP contribution in [0, 0.1) is 22.7 Å². The van der Waals surface area contributed by atoms with Gasteiger partial charge in [-0.1, -0.05) is 47.1 Å². The number of nitrogens with one attached hydrogen (secondary N) is 2. The summed E-state index contributed by atoms with van der Waals surface area (Å²) in [5.41, 5.74) is -2.95. The summed E-state index contributed by atoms with van der Waals surface area (Å²) in [4.78, 5) is 54.5. The number of Topliss-reactive ketones (excluding diaryl/α,β-unsaturated/α-hetero) is 3. The number of benzene rings is 2. The Hall–Kier alpha value is -4.44. The van der Waals surface area contributed by atoms with Crippen LogP contribution in [0.2, 0.25) is 0 Å². The zero-order chi connectivity index (χ0) is 35.0. The van der Waals surface area contributed by atoms with Crippen LogP contribution in [0.5, 0.6) is 11.5 Å². The van der Waals surface area contributed by atoms with Gasteiger partial charge in [0.1, 0.15) is 17.3 Å². The molecule has 1 saturated carbocycles. The third kappa shape index (κ3) is 4.87. The molecule has 3 aliphatic rings. The molecule has 5 N–H and O–H groups in total. The summed E-state index contributed by atoms with van der Waals surface area (Å²) < 4.78 is 5.15. The van der Waals surface area contributed by atoms with Gasteiger partial charge in [0.25, 0.3) is 0 Å². The minimum atomic E-state index is -2.62. The number of ketones is 3. The fourth-order valence-corrected chi connectivity index (χ4v) is 8.91. The Kier molecular flexibility index (Phi) is 8.20. The molecule has 5 rings (SSSR count). The Labute approximate surface area is 274 Å². The second kappa shape index (κ2) is 11.4. The molecular formula is C37H44N2O8. The topological polar surface area (TPSA) is 162 Å². The predicted molar refractivity (Wildman–Crippen MR) is 179 cm³/mol. The van der Waals surface area contributed by atoms with Crippen LogP contribution in [-0.4, -0.2) is 51.4 Å². The van der Waals surface area contributed by atoms with Gasteiger partial charge in [-0.05, 0) is 85.9 Å². The Balaban J connectivity index is 1.67. The van der Waals surface area contributed by atoms with Crippen LogP contribution >= 0.6 is 0 Å². The predicted octanol–water partition coefficient (Wildman–Crippen LogP) is 6.47. The molecule has 2 aromatic rings. The zero-order valence-electron chi connectivity index (χ0n) is 28.4. The van der Waals surface area contributed by atoms with Crippen molar-refractivity contribution in [2.24, 2.45) is 22.7 Å². The summed E-state index contributed by atoms with van der Waals surface area (Å²) in [6.07, 6.45) is 0.376. The van der Waals surface area contributed by atoms with E-state index >= 15 is 0 Å². The van der Waals surface area contributed by atoms with Crippen molar-refractivity contribution < 1.29 is 39.2 Å². The average molecular weight is 645 g/mol. The van der Waals surface area contributed by atoms with Gasteiger partial charge >= 0.3 is 6.03 Å². The maximum absolute atomic E-state index is 14.6. The van der Waals surface area contributed by atoms with Gasteiger partial charge in [0.2, 0.25) is 11.6 Å². The highest BCUT2D eigenvalue weighted by atomic mass is 16.5. The normalized spacial score (nSPS) is 27.0. The second-order valence-corrected chi connectivity index (χ2v) is 14.4. The van der Waals surface area contributed by atoms with Gasteiger partial charge in [-0.15, -0.1) is 0 Å². The number of allylic oxidation sites excluding steroid dienone is 1. The molecule has 250 valence electrons. The summed E-state index contributed by atoms with van der Waals surface area (Å²) in [7, 11) is 1.53. The molecule has 2 aromatic carbocycles. The number of aliphatic hydroxyl groups is 2. The lowest BCUT2D eigenvalue weighted by atomic mass is 9.42. The molecule has 0 aromatic heterocycles. The third-order valence-electron chi connectivity index (χ3n) is 10.6. The number of ether oxygens (including phenoxy) is 1. The van der Waals surface area contributed by atoms with Gasteiger partial charge in [0.05, 0.1) is 23.9 Å². The fraction of sp³-hybridized carbons (Fsp3) is 0.459. The molecule has 1 fully saturated rings. The van der Waals surface area contributed by atoms with E-state index < -0.39 is 57.2 Å². The average Bonchev–Trinajstić information content (AvgIpc) is 2.96. The number of methoxy groups -OCH3 is 1. The van der Waals surface area contributed by atoms with Crippen LogP contribution in [0.1, 0.15) is 84.4 Å². The molecule has 0 bridgehead atoms. The van der Waals surface area contributed by atoms with Crippen molar-refractivity contribution >= 4 is 40.5 Å². The van der Waals surface area contributed by atoms with Crippen molar-refractivity contribution in [3.8, 4) is 11.5 Å². The fourth-order valence-electron chi connectivity index (χ4n) is 8.91. The van der Waals surface area contributed by atoms with Crippen LogP contribution in [0.4, 0.5) is 16.2 Å². The number of fused-ring (bicyclic) bond motifs is 3. The van der Waals surface area contributed by atoms with Crippen LogP contribution in [0.25, 0.3) is 5.76 Å². The second-order valence-electron chi connectivity index (χ2n) is 14.4. The first-order valence-corrected chi connectivity index (χ1v) is 15.9. The standard InChI is InChI=1S/C37H44N2O8/c1-17(2)23-14-25(39-34(45)38-21-10-12-22(47-9)13-11-21)30(41)27-24(23)15-35(7)16-36(8)28(18(3)4)19(5)26(20(6)40)32(43)37(36,46)33(44)29(35)31(27)42/h10-14,17-18,28,41-42,46H,15-16H2,1-9H3,(H2,38,39,45)/t28-,35+,36+,37-/m1/s1. The van der Waals surface area contributed by atoms with Crippen molar-refractivity contribution in [3.05, 3.63) is 63.7 Å². The number of carbonyl (C=O) groups excluding carboxylic acids is 4. The van der Waals surface area contributed by atoms with Crippen molar-refractivity contribution in [1.29, 1.82) is 0 Å². The Bertz CT molecular complexity index is 1790. The Morgan fingerprint density at radius 1 is 1.00 bits per heavy atom. The highest BCUT2D eigenvalue weighted by Gasteiger charge is 2.72. The minimum absolute atomic E-state index is 0.00654. The van der Waals surface area contributed by atoms with E-state index in [9.17, 15) is 34.5 Å². The molecule has 10 heteroatoms. The van der Waals surface area contributed by atoms with Crippen LogP contribution in [0.3, 0.4) is 0 Å². The molecule has 0 spiro atoms. The number of hydrogen-bond acceptors (Lipinski definition) is 8. The number of phenolic OH excluding ortho intramolecular Hbond substituents is 1. The maximum atomic E-state index is 14.6. The molecule has 10 nitrogen and oxygen atoms in total. The number of urea groups is 1. The Morgan fingerprint density at radius 3 is 2.15 bits per heavy atom. The first-order valence-electron chi connectivity index (χ1n) is 15.9. The number of aliphatic hydroxyl groups excluding tert-OH is 1.